The van der Waals surface area contributed by atoms with E-state index in [0.717, 1.165) is 0 Å². The number of benzene rings is 2. The lowest BCUT2D eigenvalue weighted by atomic mass is 10.1. The highest BCUT2D eigenvalue weighted by molar-refractivity contribution is 6.13. The molecule has 2 aromatic carbocycles. The lowest BCUT2D eigenvalue weighted by Crippen LogP contribution is -2.06. The van der Waals surface area contributed by atoms with E-state index in [1.54, 1.807) is 43.3 Å². The molecule has 1 aliphatic rings. The van der Waals surface area contributed by atoms with Gasteiger partial charge in [0.25, 0.3) is 5.69 Å². The van der Waals surface area contributed by atoms with E-state index in [1.165, 1.54) is 19.3 Å². The Balaban J connectivity index is 1.99. The zero-order chi connectivity index (χ0) is 18.0. The van der Waals surface area contributed by atoms with Crippen molar-refractivity contribution in [2.45, 2.75) is 6.92 Å². The minimum Gasteiger partial charge on any atom is -0.496 e. The van der Waals surface area contributed by atoms with Gasteiger partial charge in [-0.2, -0.15) is 0 Å². The molecule has 1 heterocycles. The SMILES string of the molecule is COc1ccccc1C1=N/C(=C\c2ccc(C)c([N+](=O)[O-])c2)C(=O)O1. The third-order valence-corrected chi connectivity index (χ3v) is 3.69. The number of aliphatic imine (C=N–C) groups is 1. The van der Waals surface area contributed by atoms with Crippen molar-refractivity contribution in [3.8, 4) is 5.75 Å². The summed E-state index contributed by atoms with van der Waals surface area (Å²) in [5, 5.41) is 11.0. The highest BCUT2D eigenvalue weighted by Crippen LogP contribution is 2.26. The number of para-hydroxylation sites is 1. The number of hydrogen-bond donors (Lipinski definition) is 0. The Morgan fingerprint density at radius 2 is 2.00 bits per heavy atom. The van der Waals surface area contributed by atoms with Crippen LogP contribution in [0.2, 0.25) is 0 Å². The van der Waals surface area contributed by atoms with Crippen LogP contribution in [0, 0.1) is 17.0 Å². The first-order valence-electron chi connectivity index (χ1n) is 7.40. The van der Waals surface area contributed by atoms with Crippen LogP contribution in [-0.2, 0) is 9.53 Å². The van der Waals surface area contributed by atoms with Crippen LogP contribution in [0.5, 0.6) is 5.75 Å². The van der Waals surface area contributed by atoms with Gasteiger partial charge >= 0.3 is 5.97 Å². The standard InChI is InChI=1S/C18H14N2O5/c1-11-7-8-12(10-15(11)20(22)23)9-14-18(21)25-17(19-14)13-5-3-4-6-16(13)24-2/h3-10H,1-2H3/b14-9-. The molecule has 7 heteroatoms. The van der Waals surface area contributed by atoms with Gasteiger partial charge in [-0.15, -0.1) is 0 Å². The van der Waals surface area contributed by atoms with Crippen molar-refractivity contribution >= 4 is 23.6 Å². The summed E-state index contributed by atoms with van der Waals surface area (Å²) in [6.07, 6.45) is 1.46. The Bertz CT molecular complexity index is 931. The van der Waals surface area contributed by atoms with Crippen LogP contribution in [0.3, 0.4) is 0 Å². The fourth-order valence-corrected chi connectivity index (χ4v) is 2.42. The Labute approximate surface area is 143 Å². The minimum absolute atomic E-state index is 0.0188. The molecule has 126 valence electrons. The van der Waals surface area contributed by atoms with Crippen LogP contribution < -0.4 is 4.74 Å². The monoisotopic (exact) mass is 338 g/mol. The van der Waals surface area contributed by atoms with E-state index < -0.39 is 10.9 Å². The largest absolute Gasteiger partial charge is 0.496 e. The molecule has 0 atom stereocenters. The van der Waals surface area contributed by atoms with E-state index in [9.17, 15) is 14.9 Å². The molecule has 0 spiro atoms. The number of rotatable bonds is 4. The Hall–Kier alpha value is -3.48. The van der Waals surface area contributed by atoms with Gasteiger partial charge in [-0.05, 0) is 30.7 Å². The van der Waals surface area contributed by atoms with E-state index in [4.69, 9.17) is 9.47 Å². The van der Waals surface area contributed by atoms with Crippen molar-refractivity contribution in [1.82, 2.24) is 0 Å². The van der Waals surface area contributed by atoms with Crippen LogP contribution in [0.1, 0.15) is 16.7 Å². The number of nitrogens with zero attached hydrogens (tertiary/aromatic N) is 2. The van der Waals surface area contributed by atoms with E-state index in [1.807, 2.05) is 0 Å². The Morgan fingerprint density at radius 1 is 1.24 bits per heavy atom. The molecule has 25 heavy (non-hydrogen) atoms. The summed E-state index contributed by atoms with van der Waals surface area (Å²) in [5.41, 5.74) is 1.64. The van der Waals surface area contributed by atoms with Crippen molar-refractivity contribution in [2.24, 2.45) is 4.99 Å². The van der Waals surface area contributed by atoms with Crippen molar-refractivity contribution in [1.29, 1.82) is 0 Å². The van der Waals surface area contributed by atoms with Crippen LogP contribution >= 0.6 is 0 Å². The minimum atomic E-state index is -0.621. The molecule has 0 saturated heterocycles. The van der Waals surface area contributed by atoms with E-state index in [2.05, 4.69) is 4.99 Å². The molecule has 0 radical (unpaired) electrons. The Kier molecular flexibility index (Phi) is 4.30. The maximum absolute atomic E-state index is 12.1. The average Bonchev–Trinajstić information content (AvgIpc) is 2.96. The second-order valence-electron chi connectivity index (χ2n) is 5.34. The number of cyclic esters (lactones) is 1. The van der Waals surface area contributed by atoms with Gasteiger partial charge in [0.15, 0.2) is 5.70 Å². The van der Waals surface area contributed by atoms with Crippen LogP contribution in [-0.4, -0.2) is 23.9 Å². The number of nitro benzene ring substituents is 1. The van der Waals surface area contributed by atoms with Gasteiger partial charge in [0.2, 0.25) is 5.90 Å². The average molecular weight is 338 g/mol. The van der Waals surface area contributed by atoms with Gasteiger partial charge in [0, 0.05) is 11.6 Å². The van der Waals surface area contributed by atoms with Gasteiger partial charge in [0.05, 0.1) is 17.6 Å². The quantitative estimate of drug-likeness (QED) is 0.369. The number of hydrogen-bond acceptors (Lipinski definition) is 6. The molecule has 0 unspecified atom stereocenters. The second kappa shape index (κ2) is 6.56. The summed E-state index contributed by atoms with van der Waals surface area (Å²) < 4.78 is 10.4. The molecular weight excluding hydrogens is 324 g/mol. The summed E-state index contributed by atoms with van der Waals surface area (Å²) in [7, 11) is 1.51. The zero-order valence-corrected chi connectivity index (χ0v) is 13.6. The molecule has 1 aliphatic heterocycles. The molecule has 0 bridgehead atoms. The van der Waals surface area contributed by atoms with Gasteiger partial charge in [-0.3, -0.25) is 10.1 Å². The van der Waals surface area contributed by atoms with Gasteiger partial charge in [-0.25, -0.2) is 9.79 Å². The molecule has 0 aliphatic carbocycles. The molecule has 0 amide bonds. The second-order valence-corrected chi connectivity index (χ2v) is 5.34. The molecule has 3 rings (SSSR count). The first-order chi connectivity index (χ1) is 12.0. The van der Waals surface area contributed by atoms with Crippen molar-refractivity contribution in [2.75, 3.05) is 7.11 Å². The van der Waals surface area contributed by atoms with Crippen LogP contribution in [0.25, 0.3) is 6.08 Å². The zero-order valence-electron chi connectivity index (χ0n) is 13.6. The van der Waals surface area contributed by atoms with Crippen molar-refractivity contribution in [3.63, 3.8) is 0 Å². The highest BCUT2D eigenvalue weighted by Gasteiger charge is 2.26. The maximum Gasteiger partial charge on any atom is 0.363 e. The predicted octanol–water partition coefficient (Wildman–Crippen LogP) is 3.26. The number of aryl methyl sites for hydroxylation is 1. The number of nitro groups is 1. The molecule has 0 N–H and O–H groups in total. The summed E-state index contributed by atoms with van der Waals surface area (Å²) in [4.78, 5) is 26.8. The molecular formula is C18H14N2O5. The van der Waals surface area contributed by atoms with Gasteiger partial charge < -0.3 is 9.47 Å². The fraction of sp³-hybridized carbons (Fsp3) is 0.111. The first-order valence-corrected chi connectivity index (χ1v) is 7.40. The van der Waals surface area contributed by atoms with E-state index in [0.29, 0.717) is 22.4 Å². The molecule has 0 saturated carbocycles. The molecule has 2 aromatic rings. The predicted molar refractivity (Wildman–Crippen MR) is 91.4 cm³/mol. The number of ether oxygens (including phenoxy) is 2. The number of carbonyl (C=O) groups excluding carboxylic acids is 1. The van der Waals surface area contributed by atoms with Crippen LogP contribution in [0.4, 0.5) is 5.69 Å². The summed E-state index contributed by atoms with van der Waals surface area (Å²) >= 11 is 0. The van der Waals surface area contributed by atoms with Crippen molar-refractivity contribution in [3.05, 3.63) is 75.0 Å². The fourth-order valence-electron chi connectivity index (χ4n) is 2.42. The van der Waals surface area contributed by atoms with Gasteiger partial charge in [0.1, 0.15) is 5.75 Å². The third-order valence-electron chi connectivity index (χ3n) is 3.69. The third kappa shape index (κ3) is 3.25. The van der Waals surface area contributed by atoms with Crippen molar-refractivity contribution < 1.29 is 19.2 Å². The van der Waals surface area contributed by atoms with E-state index in [-0.39, 0.29) is 17.3 Å². The van der Waals surface area contributed by atoms with E-state index >= 15 is 0 Å². The Morgan fingerprint density at radius 3 is 2.72 bits per heavy atom. The number of carbonyl (C=O) groups is 1. The topological polar surface area (TPSA) is 91.0 Å². The smallest absolute Gasteiger partial charge is 0.363 e. The van der Waals surface area contributed by atoms with Gasteiger partial charge in [-0.1, -0.05) is 24.3 Å². The number of esters is 1. The summed E-state index contributed by atoms with van der Waals surface area (Å²) in [6, 6.07) is 11.7. The normalized spacial score (nSPS) is 15.0. The number of methoxy groups -OCH3 is 1. The summed E-state index contributed by atoms with van der Waals surface area (Å²) in [5.74, 6) is 0.0423. The first kappa shape index (κ1) is 16.4. The maximum atomic E-state index is 12.1. The molecule has 0 fully saturated rings. The lowest BCUT2D eigenvalue weighted by molar-refractivity contribution is -0.385. The molecule has 0 aromatic heterocycles. The lowest BCUT2D eigenvalue weighted by Gasteiger charge is -2.05. The van der Waals surface area contributed by atoms with Crippen LogP contribution in [0.15, 0.2) is 53.2 Å². The molecule has 7 nitrogen and oxygen atoms in total. The summed E-state index contributed by atoms with van der Waals surface area (Å²) in [6.45, 7) is 1.65. The highest BCUT2D eigenvalue weighted by atomic mass is 16.6.